The van der Waals surface area contributed by atoms with E-state index in [0.717, 1.165) is 31.4 Å². The fourth-order valence-corrected chi connectivity index (χ4v) is 3.50. The molecule has 0 amide bonds. The highest BCUT2D eigenvalue weighted by molar-refractivity contribution is 6.48. The Labute approximate surface area is 199 Å². The number of carbonyl (C=O) groups is 1. The number of ether oxygens (including phenoxy) is 2. The molecular formula is C21H15Cl3F6O3. The van der Waals surface area contributed by atoms with Crippen molar-refractivity contribution >= 4 is 46.5 Å². The second kappa shape index (κ2) is 10.4. The monoisotopic (exact) mass is 534 g/mol. The van der Waals surface area contributed by atoms with Crippen LogP contribution in [0.3, 0.4) is 0 Å². The minimum atomic E-state index is -4.99. The van der Waals surface area contributed by atoms with E-state index in [1.54, 1.807) is 0 Å². The summed E-state index contributed by atoms with van der Waals surface area (Å²) in [5.41, 5.74) is -2.93. The van der Waals surface area contributed by atoms with Crippen molar-refractivity contribution in [2.24, 2.45) is 0 Å². The molecule has 0 saturated heterocycles. The number of hydrogen-bond acceptors (Lipinski definition) is 3. The number of rotatable bonds is 6. The van der Waals surface area contributed by atoms with Gasteiger partial charge in [0.2, 0.25) is 0 Å². The van der Waals surface area contributed by atoms with Crippen molar-refractivity contribution in [2.75, 3.05) is 13.7 Å². The van der Waals surface area contributed by atoms with Gasteiger partial charge in [-0.25, -0.2) is 4.79 Å². The summed E-state index contributed by atoms with van der Waals surface area (Å²) in [5, 5.41) is -0.617. The molecule has 180 valence electrons. The van der Waals surface area contributed by atoms with E-state index in [4.69, 9.17) is 39.5 Å². The molecule has 0 N–H and O–H groups in total. The number of methoxy groups -OCH3 is 1. The van der Waals surface area contributed by atoms with Crippen LogP contribution < -0.4 is 0 Å². The maximum Gasteiger partial charge on any atom is 0.417 e. The van der Waals surface area contributed by atoms with Gasteiger partial charge in [0.1, 0.15) is 11.7 Å². The van der Waals surface area contributed by atoms with Crippen LogP contribution in [0, 0.1) is 0 Å². The second-order valence-corrected chi connectivity index (χ2v) is 7.72. The number of alkyl halides is 6. The van der Waals surface area contributed by atoms with Gasteiger partial charge in [-0.1, -0.05) is 40.9 Å². The van der Waals surface area contributed by atoms with Crippen molar-refractivity contribution in [2.45, 2.75) is 25.2 Å². The molecule has 0 aromatic heterocycles. The van der Waals surface area contributed by atoms with Gasteiger partial charge in [0, 0.05) is 5.56 Å². The molecule has 0 spiro atoms. The van der Waals surface area contributed by atoms with Crippen LogP contribution in [0.4, 0.5) is 26.3 Å². The van der Waals surface area contributed by atoms with Crippen LogP contribution in [-0.4, -0.2) is 25.9 Å². The number of hydrogen-bond donors (Lipinski definition) is 0. The Morgan fingerprint density at radius 1 is 1.03 bits per heavy atom. The summed E-state index contributed by atoms with van der Waals surface area (Å²) in [7, 11) is 0.901. The molecule has 0 aliphatic rings. The topological polar surface area (TPSA) is 35.5 Å². The first-order chi connectivity index (χ1) is 15.2. The minimum Gasteiger partial charge on any atom is -0.494 e. The SMILES string of the molecule is CCOC(=CC(c1cc(Cl)c(Cl)c(Cl)c1)C(F)(F)F)c1ccc(C(=O)OC)c(C(F)(F)F)c1. The fourth-order valence-electron chi connectivity index (χ4n) is 2.89. The number of allylic oxidation sites excluding steroid dienone is 1. The number of benzene rings is 2. The maximum atomic E-state index is 13.9. The zero-order valence-corrected chi connectivity index (χ0v) is 19.1. The molecular weight excluding hydrogens is 521 g/mol. The van der Waals surface area contributed by atoms with Gasteiger partial charge in [-0.15, -0.1) is 0 Å². The van der Waals surface area contributed by atoms with Gasteiger partial charge in [0.15, 0.2) is 0 Å². The molecule has 0 heterocycles. The van der Waals surface area contributed by atoms with Crippen LogP contribution in [0.2, 0.25) is 15.1 Å². The highest BCUT2D eigenvalue weighted by atomic mass is 35.5. The smallest absolute Gasteiger partial charge is 0.417 e. The molecule has 0 aliphatic heterocycles. The molecule has 1 atom stereocenters. The third-order valence-electron chi connectivity index (χ3n) is 4.35. The van der Waals surface area contributed by atoms with E-state index in [-0.39, 0.29) is 27.2 Å². The van der Waals surface area contributed by atoms with E-state index in [9.17, 15) is 31.1 Å². The summed E-state index contributed by atoms with van der Waals surface area (Å²) in [6.07, 6.45) is -9.27. The molecule has 1 unspecified atom stereocenters. The van der Waals surface area contributed by atoms with Crippen LogP contribution in [0.5, 0.6) is 0 Å². The van der Waals surface area contributed by atoms with E-state index >= 15 is 0 Å². The normalized spacial score (nSPS) is 13.6. The third kappa shape index (κ3) is 6.49. The lowest BCUT2D eigenvalue weighted by Gasteiger charge is -2.21. The van der Waals surface area contributed by atoms with E-state index in [1.165, 1.54) is 6.92 Å². The van der Waals surface area contributed by atoms with Gasteiger partial charge >= 0.3 is 18.3 Å². The fraction of sp³-hybridized carbons (Fsp3) is 0.286. The molecule has 12 heteroatoms. The standard InChI is InChI=1S/C21H15Cl3F6O3/c1-3-33-17(10-4-5-12(19(31)32-2)14(6-10)21(28,29)30)9-13(20(25,26)27)11-7-15(22)18(24)16(23)8-11/h4-9,13H,3H2,1-2H3. The summed E-state index contributed by atoms with van der Waals surface area (Å²) in [4.78, 5) is 11.7. The predicted octanol–water partition coefficient (Wildman–Crippen LogP) is 8.18. The zero-order chi connectivity index (χ0) is 25.1. The molecule has 0 radical (unpaired) electrons. The Balaban J connectivity index is 2.73. The lowest BCUT2D eigenvalue weighted by atomic mass is 9.95. The number of carbonyl (C=O) groups excluding carboxylic acids is 1. The lowest BCUT2D eigenvalue weighted by molar-refractivity contribution is -0.140. The summed E-state index contributed by atoms with van der Waals surface area (Å²) in [6, 6.07) is 4.25. The number of halogens is 9. The Hall–Kier alpha value is -2.10. The van der Waals surface area contributed by atoms with E-state index in [0.29, 0.717) is 12.1 Å². The second-order valence-electron chi connectivity index (χ2n) is 6.53. The predicted molar refractivity (Wildman–Crippen MR) is 113 cm³/mol. The van der Waals surface area contributed by atoms with Crippen molar-refractivity contribution in [1.82, 2.24) is 0 Å². The Bertz CT molecular complexity index is 1040. The Morgan fingerprint density at radius 2 is 1.61 bits per heavy atom. The van der Waals surface area contributed by atoms with Gasteiger partial charge in [-0.2, -0.15) is 26.3 Å². The van der Waals surface area contributed by atoms with E-state index < -0.39 is 46.7 Å². The van der Waals surface area contributed by atoms with Crippen molar-refractivity contribution in [1.29, 1.82) is 0 Å². The summed E-state index contributed by atoms with van der Waals surface area (Å²) >= 11 is 17.5. The summed E-state index contributed by atoms with van der Waals surface area (Å²) in [5.74, 6) is -4.10. The largest absolute Gasteiger partial charge is 0.494 e. The molecule has 0 saturated carbocycles. The van der Waals surface area contributed by atoms with E-state index in [2.05, 4.69) is 4.74 Å². The molecule has 3 nitrogen and oxygen atoms in total. The van der Waals surface area contributed by atoms with Crippen molar-refractivity contribution in [3.63, 3.8) is 0 Å². The summed E-state index contributed by atoms with van der Waals surface area (Å²) < 4.78 is 91.9. The minimum absolute atomic E-state index is 0.148. The van der Waals surface area contributed by atoms with Crippen LogP contribution >= 0.6 is 34.8 Å². The molecule has 2 aromatic rings. The molecule has 0 bridgehead atoms. The van der Waals surface area contributed by atoms with Crippen LogP contribution in [0.1, 0.15) is 39.9 Å². The molecule has 0 fully saturated rings. The van der Waals surface area contributed by atoms with Crippen LogP contribution in [0.15, 0.2) is 36.4 Å². The lowest BCUT2D eigenvalue weighted by Crippen LogP contribution is -2.20. The van der Waals surface area contributed by atoms with Crippen molar-refractivity contribution < 1.29 is 40.6 Å². The van der Waals surface area contributed by atoms with E-state index in [1.807, 2.05) is 0 Å². The molecule has 2 aromatic carbocycles. The van der Waals surface area contributed by atoms with Crippen molar-refractivity contribution in [3.8, 4) is 0 Å². The first kappa shape index (κ1) is 27.1. The third-order valence-corrected chi connectivity index (χ3v) is 5.55. The average Bonchev–Trinajstić information content (AvgIpc) is 2.72. The van der Waals surface area contributed by atoms with Crippen LogP contribution in [-0.2, 0) is 15.7 Å². The average molecular weight is 536 g/mol. The molecule has 0 aliphatic carbocycles. The highest BCUT2D eigenvalue weighted by Crippen LogP contribution is 2.42. The Kier molecular flexibility index (Phi) is 8.59. The van der Waals surface area contributed by atoms with Crippen LogP contribution in [0.25, 0.3) is 5.76 Å². The molecule has 2 rings (SSSR count). The first-order valence-corrected chi connectivity index (χ1v) is 10.2. The van der Waals surface area contributed by atoms with Gasteiger partial charge in [0.05, 0.1) is 39.9 Å². The van der Waals surface area contributed by atoms with Gasteiger partial charge in [-0.3, -0.25) is 0 Å². The summed E-state index contributed by atoms with van der Waals surface area (Å²) in [6.45, 7) is 1.29. The van der Waals surface area contributed by atoms with Gasteiger partial charge in [0.25, 0.3) is 0 Å². The van der Waals surface area contributed by atoms with Gasteiger partial charge < -0.3 is 9.47 Å². The highest BCUT2D eigenvalue weighted by Gasteiger charge is 2.41. The van der Waals surface area contributed by atoms with Gasteiger partial charge in [-0.05, 0) is 42.8 Å². The quantitative estimate of drug-likeness (QED) is 0.162. The first-order valence-electron chi connectivity index (χ1n) is 9.06. The number of esters is 1. The molecule has 33 heavy (non-hydrogen) atoms. The maximum absolute atomic E-state index is 13.9. The zero-order valence-electron chi connectivity index (χ0n) is 16.9. The van der Waals surface area contributed by atoms with Crippen molar-refractivity contribution in [3.05, 3.63) is 73.7 Å². The Morgan fingerprint density at radius 3 is 2.06 bits per heavy atom.